The molecule has 1 aromatic rings. The van der Waals surface area contributed by atoms with Crippen molar-refractivity contribution in [2.75, 3.05) is 0 Å². The lowest BCUT2D eigenvalue weighted by atomic mass is 9.98. The molecule has 1 nitrogen and oxygen atoms in total. The van der Waals surface area contributed by atoms with Gasteiger partial charge in [-0.25, -0.2) is 4.99 Å². The molecule has 0 saturated carbocycles. The van der Waals surface area contributed by atoms with Crippen LogP contribution in [0.15, 0.2) is 17.1 Å². The first kappa shape index (κ1) is 13.2. The van der Waals surface area contributed by atoms with Gasteiger partial charge < -0.3 is 0 Å². The molecule has 0 saturated heterocycles. The fourth-order valence-electron chi connectivity index (χ4n) is 1.61. The van der Waals surface area contributed by atoms with Crippen LogP contribution in [0.5, 0.6) is 0 Å². The highest BCUT2D eigenvalue weighted by Crippen LogP contribution is 2.29. The summed E-state index contributed by atoms with van der Waals surface area (Å²) < 4.78 is 0. The SMILES string of the molecule is Cc1cc(C)c(N=C(Cl)C(C)(C)C)c(C)c1. The van der Waals surface area contributed by atoms with Crippen LogP contribution in [0, 0.1) is 26.2 Å². The second-order valence-electron chi connectivity index (χ2n) is 5.40. The Bertz CT molecular complexity index is 402. The van der Waals surface area contributed by atoms with Gasteiger partial charge in [0.2, 0.25) is 0 Å². The van der Waals surface area contributed by atoms with E-state index >= 15 is 0 Å². The molecule has 0 N–H and O–H groups in total. The first-order valence-electron chi connectivity index (χ1n) is 5.54. The van der Waals surface area contributed by atoms with Gasteiger partial charge in [-0.2, -0.15) is 0 Å². The summed E-state index contributed by atoms with van der Waals surface area (Å²) in [4.78, 5) is 4.55. The quantitative estimate of drug-likeness (QED) is 0.615. The third-order valence-electron chi connectivity index (χ3n) is 2.46. The van der Waals surface area contributed by atoms with Crippen LogP contribution < -0.4 is 0 Å². The number of hydrogen-bond donors (Lipinski definition) is 0. The van der Waals surface area contributed by atoms with Crippen molar-refractivity contribution in [2.45, 2.75) is 41.5 Å². The molecule has 0 spiro atoms. The molecule has 2 heteroatoms. The molecule has 1 aromatic carbocycles. The van der Waals surface area contributed by atoms with Crippen molar-refractivity contribution in [1.29, 1.82) is 0 Å². The van der Waals surface area contributed by atoms with E-state index in [1.807, 2.05) is 0 Å². The van der Waals surface area contributed by atoms with Crippen LogP contribution in [0.4, 0.5) is 5.69 Å². The highest BCUT2D eigenvalue weighted by molar-refractivity contribution is 6.66. The van der Waals surface area contributed by atoms with Crippen molar-refractivity contribution in [2.24, 2.45) is 10.4 Å². The van der Waals surface area contributed by atoms with E-state index in [-0.39, 0.29) is 5.41 Å². The second-order valence-corrected chi connectivity index (χ2v) is 5.76. The first-order valence-corrected chi connectivity index (χ1v) is 5.92. The molecule has 0 fully saturated rings. The zero-order valence-corrected chi connectivity index (χ0v) is 11.7. The molecule has 88 valence electrons. The van der Waals surface area contributed by atoms with Crippen molar-refractivity contribution in [1.82, 2.24) is 0 Å². The van der Waals surface area contributed by atoms with Crippen molar-refractivity contribution in [3.8, 4) is 0 Å². The predicted molar refractivity (Wildman–Crippen MR) is 73.1 cm³/mol. The van der Waals surface area contributed by atoms with E-state index in [4.69, 9.17) is 11.6 Å². The van der Waals surface area contributed by atoms with Crippen molar-refractivity contribution in [3.05, 3.63) is 28.8 Å². The van der Waals surface area contributed by atoms with Gasteiger partial charge in [0.1, 0.15) is 5.17 Å². The molecule has 0 aromatic heterocycles. The number of halogens is 1. The molecule has 0 aliphatic carbocycles. The fraction of sp³-hybridized carbons (Fsp3) is 0.500. The normalized spacial score (nSPS) is 13.1. The molecule has 0 aliphatic heterocycles. The van der Waals surface area contributed by atoms with Crippen LogP contribution in [0.1, 0.15) is 37.5 Å². The van der Waals surface area contributed by atoms with Crippen LogP contribution in [0.2, 0.25) is 0 Å². The minimum atomic E-state index is -0.0919. The summed E-state index contributed by atoms with van der Waals surface area (Å²) in [5.41, 5.74) is 4.54. The predicted octanol–water partition coefficient (Wildman–Crippen LogP) is 4.93. The van der Waals surface area contributed by atoms with Gasteiger partial charge in [-0.3, -0.25) is 0 Å². The second kappa shape index (κ2) is 4.58. The van der Waals surface area contributed by atoms with Crippen LogP contribution in [0.25, 0.3) is 0 Å². The Morgan fingerprint density at radius 1 is 1.06 bits per heavy atom. The van der Waals surface area contributed by atoms with Gasteiger partial charge in [-0.1, -0.05) is 50.1 Å². The van der Waals surface area contributed by atoms with Crippen molar-refractivity contribution >= 4 is 22.5 Å². The molecule has 1 rings (SSSR count). The molecule has 0 atom stereocenters. The molecule has 0 amide bonds. The highest BCUT2D eigenvalue weighted by atomic mass is 35.5. The van der Waals surface area contributed by atoms with Crippen molar-refractivity contribution < 1.29 is 0 Å². The summed E-state index contributed by atoms with van der Waals surface area (Å²) >= 11 is 6.23. The maximum absolute atomic E-state index is 6.23. The lowest BCUT2D eigenvalue weighted by molar-refractivity contribution is 0.601. The third-order valence-corrected chi connectivity index (χ3v) is 3.12. The number of aryl methyl sites for hydroxylation is 3. The summed E-state index contributed by atoms with van der Waals surface area (Å²) in [5, 5.41) is 0.655. The monoisotopic (exact) mass is 237 g/mol. The minimum Gasteiger partial charge on any atom is -0.240 e. The Labute approximate surface area is 104 Å². The van der Waals surface area contributed by atoms with Crippen LogP contribution in [-0.4, -0.2) is 5.17 Å². The Kier molecular flexibility index (Phi) is 3.80. The fourth-order valence-corrected chi connectivity index (χ4v) is 1.70. The first-order chi connectivity index (χ1) is 7.21. The van der Waals surface area contributed by atoms with Gasteiger partial charge in [0.25, 0.3) is 0 Å². The van der Waals surface area contributed by atoms with Crippen LogP contribution in [-0.2, 0) is 0 Å². The summed E-state index contributed by atoms with van der Waals surface area (Å²) in [6, 6.07) is 4.28. The molecule has 0 heterocycles. The van der Waals surface area contributed by atoms with E-state index in [2.05, 4.69) is 58.7 Å². The number of hydrogen-bond acceptors (Lipinski definition) is 1. The lowest BCUT2D eigenvalue weighted by Crippen LogP contribution is -2.14. The maximum atomic E-state index is 6.23. The van der Waals surface area contributed by atoms with Gasteiger partial charge in [-0.05, 0) is 31.9 Å². The standard InChI is InChI=1S/C14H20ClN/c1-9-7-10(2)12(11(3)8-9)16-13(15)14(4,5)6/h7-8H,1-6H3. The molecule has 0 radical (unpaired) electrons. The summed E-state index contributed by atoms with van der Waals surface area (Å²) in [5.74, 6) is 0. The van der Waals surface area contributed by atoms with Crippen LogP contribution in [0.3, 0.4) is 0 Å². The van der Waals surface area contributed by atoms with E-state index in [9.17, 15) is 0 Å². The zero-order valence-electron chi connectivity index (χ0n) is 11.0. The average Bonchev–Trinajstić information content (AvgIpc) is 2.08. The largest absolute Gasteiger partial charge is 0.240 e. The highest BCUT2D eigenvalue weighted by Gasteiger charge is 2.17. The molecule has 16 heavy (non-hydrogen) atoms. The van der Waals surface area contributed by atoms with Gasteiger partial charge in [0, 0.05) is 5.41 Å². The Balaban J connectivity index is 3.26. The molecule has 0 unspecified atom stereocenters. The number of rotatable bonds is 1. The van der Waals surface area contributed by atoms with Gasteiger partial charge >= 0.3 is 0 Å². The Hall–Kier alpha value is -0.820. The molecular weight excluding hydrogens is 218 g/mol. The van der Waals surface area contributed by atoms with E-state index in [1.165, 1.54) is 16.7 Å². The van der Waals surface area contributed by atoms with E-state index in [1.54, 1.807) is 0 Å². The van der Waals surface area contributed by atoms with Gasteiger partial charge in [-0.15, -0.1) is 0 Å². The average molecular weight is 238 g/mol. The summed E-state index contributed by atoms with van der Waals surface area (Å²) in [6.07, 6.45) is 0. The molecule has 0 aliphatic rings. The Morgan fingerprint density at radius 3 is 1.88 bits per heavy atom. The topological polar surface area (TPSA) is 12.4 Å². The molecular formula is C14H20ClN. The van der Waals surface area contributed by atoms with Crippen LogP contribution >= 0.6 is 11.6 Å². The number of benzene rings is 1. The molecule has 0 bridgehead atoms. The van der Waals surface area contributed by atoms with Gasteiger partial charge in [0.15, 0.2) is 0 Å². The minimum absolute atomic E-state index is 0.0919. The van der Waals surface area contributed by atoms with Gasteiger partial charge in [0.05, 0.1) is 5.69 Å². The third kappa shape index (κ3) is 3.08. The van der Waals surface area contributed by atoms with E-state index in [0.29, 0.717) is 5.17 Å². The lowest BCUT2D eigenvalue weighted by Gasteiger charge is -2.17. The maximum Gasteiger partial charge on any atom is 0.112 e. The Morgan fingerprint density at radius 2 is 1.50 bits per heavy atom. The summed E-state index contributed by atoms with van der Waals surface area (Å²) in [6.45, 7) is 12.4. The van der Waals surface area contributed by atoms with E-state index in [0.717, 1.165) is 5.69 Å². The zero-order chi connectivity index (χ0) is 12.5. The summed E-state index contributed by atoms with van der Waals surface area (Å²) in [7, 11) is 0. The number of nitrogens with zero attached hydrogens (tertiary/aromatic N) is 1. The van der Waals surface area contributed by atoms with Crippen molar-refractivity contribution in [3.63, 3.8) is 0 Å². The number of aliphatic imine (C=N–C) groups is 1. The van der Waals surface area contributed by atoms with E-state index < -0.39 is 0 Å². The smallest absolute Gasteiger partial charge is 0.112 e.